The second-order valence-corrected chi connectivity index (χ2v) is 6.05. The van der Waals surface area contributed by atoms with Gasteiger partial charge in [0.1, 0.15) is 12.4 Å². The second-order valence-electron chi connectivity index (χ2n) is 4.72. The van der Waals surface area contributed by atoms with Crippen LogP contribution in [-0.4, -0.2) is 4.98 Å². The van der Waals surface area contributed by atoms with E-state index < -0.39 is 0 Å². The molecule has 5 heteroatoms. The van der Waals surface area contributed by atoms with Crippen LogP contribution in [0.15, 0.2) is 60.1 Å². The van der Waals surface area contributed by atoms with Crippen LogP contribution in [0.2, 0.25) is 5.02 Å². The van der Waals surface area contributed by atoms with E-state index in [1.807, 2.05) is 53.9 Å². The summed E-state index contributed by atoms with van der Waals surface area (Å²) in [5.74, 6) is 0.867. The summed E-state index contributed by atoms with van der Waals surface area (Å²) in [6, 6.07) is 15.7. The molecule has 0 spiro atoms. The Hall–Kier alpha value is -2.04. The van der Waals surface area contributed by atoms with Gasteiger partial charge in [-0.25, -0.2) is 4.98 Å². The number of ether oxygens (including phenoxy) is 1. The Kier molecular flexibility index (Phi) is 4.93. The third-order valence-corrected chi connectivity index (χ3v) is 4.08. The highest BCUT2D eigenvalue weighted by atomic mass is 35.5. The van der Waals surface area contributed by atoms with Crippen molar-refractivity contribution in [2.45, 2.75) is 13.2 Å². The van der Waals surface area contributed by atoms with Crippen LogP contribution in [0.5, 0.6) is 5.75 Å². The molecule has 0 aliphatic rings. The number of nitrogens with one attached hydrogen (secondary N) is 1. The number of thiazole rings is 1. The predicted octanol–water partition coefficient (Wildman–Crippen LogP) is 4.99. The summed E-state index contributed by atoms with van der Waals surface area (Å²) < 4.78 is 5.93. The van der Waals surface area contributed by atoms with Crippen molar-refractivity contribution in [3.05, 3.63) is 76.3 Å². The van der Waals surface area contributed by atoms with E-state index in [-0.39, 0.29) is 0 Å². The molecular weight excluding hydrogens is 316 g/mol. The van der Waals surface area contributed by atoms with Gasteiger partial charge in [-0.1, -0.05) is 41.9 Å². The zero-order valence-electron chi connectivity index (χ0n) is 11.8. The molecule has 0 saturated heterocycles. The van der Waals surface area contributed by atoms with E-state index in [0.29, 0.717) is 13.2 Å². The fourth-order valence-electron chi connectivity index (χ4n) is 2.06. The van der Waals surface area contributed by atoms with Crippen LogP contribution in [-0.2, 0) is 13.2 Å². The molecule has 3 nitrogen and oxygen atoms in total. The molecule has 0 saturated carbocycles. The molecular formula is C17H15ClN2OS. The van der Waals surface area contributed by atoms with Gasteiger partial charge in [0.25, 0.3) is 0 Å². The van der Waals surface area contributed by atoms with Gasteiger partial charge in [0.2, 0.25) is 0 Å². The lowest BCUT2D eigenvalue weighted by Gasteiger charge is -2.12. The smallest absolute Gasteiger partial charge is 0.182 e. The fraction of sp³-hybridized carbons (Fsp3) is 0.118. The van der Waals surface area contributed by atoms with E-state index in [4.69, 9.17) is 16.3 Å². The average molecular weight is 331 g/mol. The van der Waals surface area contributed by atoms with Crippen molar-refractivity contribution in [1.82, 2.24) is 4.98 Å². The van der Waals surface area contributed by atoms with E-state index in [1.54, 1.807) is 17.5 Å². The van der Waals surface area contributed by atoms with Crippen molar-refractivity contribution in [2.24, 2.45) is 0 Å². The monoisotopic (exact) mass is 330 g/mol. The van der Waals surface area contributed by atoms with Crippen molar-refractivity contribution in [2.75, 3.05) is 5.32 Å². The Morgan fingerprint density at radius 1 is 1.14 bits per heavy atom. The minimum Gasteiger partial charge on any atom is -0.489 e. The Balaban J connectivity index is 1.65. The van der Waals surface area contributed by atoms with Crippen LogP contribution in [0.3, 0.4) is 0 Å². The van der Waals surface area contributed by atoms with Crippen LogP contribution in [0.25, 0.3) is 0 Å². The maximum absolute atomic E-state index is 5.99. The van der Waals surface area contributed by atoms with Crippen molar-refractivity contribution >= 4 is 28.1 Å². The number of anilines is 1. The van der Waals surface area contributed by atoms with E-state index in [1.165, 1.54) is 0 Å². The summed E-state index contributed by atoms with van der Waals surface area (Å²) in [7, 11) is 0. The lowest BCUT2D eigenvalue weighted by Crippen LogP contribution is -2.03. The molecule has 0 unspecified atom stereocenters. The maximum Gasteiger partial charge on any atom is 0.182 e. The highest BCUT2D eigenvalue weighted by molar-refractivity contribution is 7.13. The third-order valence-electron chi connectivity index (χ3n) is 3.12. The van der Waals surface area contributed by atoms with Gasteiger partial charge in [-0.15, -0.1) is 11.3 Å². The molecule has 0 bridgehead atoms. The fourth-order valence-corrected chi connectivity index (χ4v) is 2.80. The van der Waals surface area contributed by atoms with Gasteiger partial charge in [0.15, 0.2) is 5.13 Å². The van der Waals surface area contributed by atoms with Crippen LogP contribution in [0, 0.1) is 0 Å². The minimum absolute atomic E-state index is 0.495. The first kappa shape index (κ1) is 14.9. The lowest BCUT2D eigenvalue weighted by molar-refractivity contribution is 0.303. The number of para-hydroxylation sites is 1. The standard InChI is InChI=1S/C17H15ClN2OS/c18-15-6-3-4-13(10-15)12-21-16-7-2-1-5-14(16)11-20-17-19-8-9-22-17/h1-10H,11-12H2,(H,19,20). The Labute approximate surface area is 138 Å². The summed E-state index contributed by atoms with van der Waals surface area (Å²) in [6.07, 6.45) is 1.79. The Morgan fingerprint density at radius 2 is 2.05 bits per heavy atom. The highest BCUT2D eigenvalue weighted by Crippen LogP contribution is 2.22. The largest absolute Gasteiger partial charge is 0.489 e. The van der Waals surface area contributed by atoms with Gasteiger partial charge in [-0.05, 0) is 23.8 Å². The minimum atomic E-state index is 0.495. The molecule has 3 rings (SSSR count). The number of rotatable bonds is 6. The van der Waals surface area contributed by atoms with E-state index in [9.17, 15) is 0 Å². The molecule has 1 heterocycles. The summed E-state index contributed by atoms with van der Waals surface area (Å²) in [4.78, 5) is 4.22. The van der Waals surface area contributed by atoms with Crippen molar-refractivity contribution < 1.29 is 4.74 Å². The number of benzene rings is 2. The highest BCUT2D eigenvalue weighted by Gasteiger charge is 2.04. The lowest BCUT2D eigenvalue weighted by atomic mass is 10.2. The molecule has 3 aromatic rings. The van der Waals surface area contributed by atoms with Crippen LogP contribution >= 0.6 is 22.9 Å². The van der Waals surface area contributed by atoms with Crippen LogP contribution in [0.4, 0.5) is 5.13 Å². The average Bonchev–Trinajstić information content (AvgIpc) is 3.05. The zero-order valence-corrected chi connectivity index (χ0v) is 13.4. The molecule has 0 aliphatic carbocycles. The van der Waals surface area contributed by atoms with Crippen LogP contribution < -0.4 is 10.1 Å². The Morgan fingerprint density at radius 3 is 2.86 bits per heavy atom. The Bertz CT molecular complexity index is 731. The van der Waals surface area contributed by atoms with Crippen molar-refractivity contribution in [3.8, 4) is 5.75 Å². The van der Waals surface area contributed by atoms with Gasteiger partial charge in [0, 0.05) is 28.7 Å². The molecule has 2 aromatic carbocycles. The third kappa shape index (κ3) is 4.00. The zero-order chi connectivity index (χ0) is 15.2. The quantitative estimate of drug-likeness (QED) is 0.691. The first-order valence-corrected chi connectivity index (χ1v) is 8.15. The number of hydrogen-bond donors (Lipinski definition) is 1. The summed E-state index contributed by atoms with van der Waals surface area (Å²) in [5.41, 5.74) is 2.15. The maximum atomic E-state index is 5.99. The van der Waals surface area contributed by atoms with E-state index in [2.05, 4.69) is 10.3 Å². The molecule has 0 radical (unpaired) electrons. The first-order chi connectivity index (χ1) is 10.8. The molecule has 0 amide bonds. The van der Waals surface area contributed by atoms with E-state index in [0.717, 1.165) is 27.0 Å². The van der Waals surface area contributed by atoms with Crippen LogP contribution in [0.1, 0.15) is 11.1 Å². The number of nitrogens with zero attached hydrogens (tertiary/aromatic N) is 1. The number of hydrogen-bond acceptors (Lipinski definition) is 4. The summed E-state index contributed by atoms with van der Waals surface area (Å²) in [6.45, 7) is 1.17. The van der Waals surface area contributed by atoms with Crippen molar-refractivity contribution in [1.29, 1.82) is 0 Å². The van der Waals surface area contributed by atoms with Gasteiger partial charge in [0.05, 0.1) is 0 Å². The van der Waals surface area contributed by atoms with E-state index >= 15 is 0 Å². The molecule has 22 heavy (non-hydrogen) atoms. The topological polar surface area (TPSA) is 34.1 Å². The molecule has 0 fully saturated rings. The number of halogens is 1. The second kappa shape index (κ2) is 7.29. The number of aromatic nitrogens is 1. The molecule has 0 aliphatic heterocycles. The van der Waals surface area contributed by atoms with Crippen molar-refractivity contribution in [3.63, 3.8) is 0 Å². The normalized spacial score (nSPS) is 10.4. The predicted molar refractivity (Wildman–Crippen MR) is 91.7 cm³/mol. The first-order valence-electron chi connectivity index (χ1n) is 6.90. The molecule has 1 N–H and O–H groups in total. The molecule has 0 atom stereocenters. The van der Waals surface area contributed by atoms with Gasteiger partial charge >= 0.3 is 0 Å². The SMILES string of the molecule is Clc1cccc(COc2ccccc2CNc2nccs2)c1. The molecule has 1 aromatic heterocycles. The summed E-state index contributed by atoms with van der Waals surface area (Å²) in [5, 5.41) is 6.87. The van der Waals surface area contributed by atoms with Gasteiger partial charge in [-0.3, -0.25) is 0 Å². The molecule has 112 valence electrons. The van der Waals surface area contributed by atoms with Gasteiger partial charge in [-0.2, -0.15) is 0 Å². The summed E-state index contributed by atoms with van der Waals surface area (Å²) >= 11 is 7.58. The van der Waals surface area contributed by atoms with Gasteiger partial charge < -0.3 is 10.1 Å².